The Kier molecular flexibility index (Phi) is 4.50. The molecule has 0 aliphatic heterocycles. The Hall–Kier alpha value is -2.80. The summed E-state index contributed by atoms with van der Waals surface area (Å²) in [5.41, 5.74) is 3.96. The van der Waals surface area contributed by atoms with Crippen LogP contribution in [0.25, 0.3) is 11.3 Å². The van der Waals surface area contributed by atoms with Crippen molar-refractivity contribution in [3.8, 4) is 17.0 Å². The van der Waals surface area contributed by atoms with Crippen molar-refractivity contribution in [2.45, 2.75) is 18.7 Å². The topological polar surface area (TPSA) is 84.1 Å². The highest BCUT2D eigenvalue weighted by Crippen LogP contribution is 2.29. The van der Waals surface area contributed by atoms with Crippen molar-refractivity contribution < 1.29 is 13.2 Å². The zero-order chi connectivity index (χ0) is 18.0. The molecule has 0 amide bonds. The van der Waals surface area contributed by atoms with Gasteiger partial charge >= 0.3 is 0 Å². The molecule has 0 spiro atoms. The highest BCUT2D eigenvalue weighted by molar-refractivity contribution is 7.92. The largest absolute Gasteiger partial charge is 0.495 e. The maximum atomic E-state index is 12.8. The summed E-state index contributed by atoms with van der Waals surface area (Å²) in [6.45, 7) is 3.78. The van der Waals surface area contributed by atoms with Crippen molar-refractivity contribution in [3.05, 3.63) is 60.0 Å². The lowest BCUT2D eigenvalue weighted by atomic mass is 10.1. The van der Waals surface area contributed by atoms with Crippen molar-refractivity contribution >= 4 is 15.7 Å². The van der Waals surface area contributed by atoms with Crippen LogP contribution in [0.15, 0.2) is 53.8 Å². The number of aromatic nitrogens is 2. The minimum atomic E-state index is -3.78. The van der Waals surface area contributed by atoms with Gasteiger partial charge in [-0.3, -0.25) is 4.72 Å². The smallest absolute Gasteiger partial charge is 0.265 e. The maximum absolute atomic E-state index is 12.8. The number of rotatable bonds is 5. The second-order valence-electron chi connectivity index (χ2n) is 5.74. The standard InChI is InChI=1S/C18H19N3O3S/c1-12-7-17(24-3)18(8-13(12)2)25(22,23)21-15-6-4-5-14(9-15)16-10-19-11-20-16/h4-11,21H,1-3H3,(H,19,20). The van der Waals surface area contributed by atoms with E-state index in [0.29, 0.717) is 11.4 Å². The number of methoxy groups -OCH3 is 1. The fourth-order valence-electron chi connectivity index (χ4n) is 2.51. The van der Waals surface area contributed by atoms with Crippen LogP contribution in [0, 0.1) is 13.8 Å². The third-order valence-corrected chi connectivity index (χ3v) is 5.40. The number of hydrogen-bond donors (Lipinski definition) is 2. The fraction of sp³-hybridized carbons (Fsp3) is 0.167. The molecule has 130 valence electrons. The summed E-state index contributed by atoms with van der Waals surface area (Å²) in [6.07, 6.45) is 3.26. The number of imidazole rings is 1. The van der Waals surface area contributed by atoms with Crippen molar-refractivity contribution in [1.29, 1.82) is 0 Å². The molecular weight excluding hydrogens is 338 g/mol. The average Bonchev–Trinajstić information content (AvgIpc) is 3.11. The van der Waals surface area contributed by atoms with Gasteiger partial charge in [0.25, 0.3) is 10.0 Å². The lowest BCUT2D eigenvalue weighted by molar-refractivity contribution is 0.402. The minimum Gasteiger partial charge on any atom is -0.495 e. The van der Waals surface area contributed by atoms with Crippen LogP contribution in [-0.2, 0) is 10.0 Å². The molecule has 3 rings (SSSR count). The summed E-state index contributed by atoms with van der Waals surface area (Å²) >= 11 is 0. The van der Waals surface area contributed by atoms with Gasteiger partial charge in [0.05, 0.1) is 25.3 Å². The van der Waals surface area contributed by atoms with Gasteiger partial charge < -0.3 is 9.72 Å². The fourth-order valence-corrected chi connectivity index (χ4v) is 3.79. The SMILES string of the molecule is COc1cc(C)c(C)cc1S(=O)(=O)Nc1cccc(-c2cnc[nH]2)c1. The second-order valence-corrected chi connectivity index (χ2v) is 7.39. The third-order valence-electron chi connectivity index (χ3n) is 3.99. The van der Waals surface area contributed by atoms with E-state index in [1.165, 1.54) is 7.11 Å². The van der Waals surface area contributed by atoms with E-state index in [1.54, 1.807) is 42.9 Å². The molecule has 25 heavy (non-hydrogen) atoms. The van der Waals surface area contributed by atoms with Crippen LogP contribution < -0.4 is 9.46 Å². The van der Waals surface area contributed by atoms with E-state index in [9.17, 15) is 8.42 Å². The molecule has 0 saturated carbocycles. The number of nitrogens with one attached hydrogen (secondary N) is 2. The van der Waals surface area contributed by atoms with E-state index in [-0.39, 0.29) is 4.90 Å². The molecule has 3 aromatic rings. The molecule has 2 N–H and O–H groups in total. The molecule has 0 radical (unpaired) electrons. The molecular formula is C18H19N3O3S. The van der Waals surface area contributed by atoms with Crippen LogP contribution in [-0.4, -0.2) is 25.5 Å². The molecule has 0 aliphatic carbocycles. The van der Waals surface area contributed by atoms with Gasteiger partial charge in [0.1, 0.15) is 10.6 Å². The molecule has 0 unspecified atom stereocenters. The first-order valence-corrected chi connectivity index (χ1v) is 9.16. The number of nitrogens with zero attached hydrogens (tertiary/aromatic N) is 1. The first kappa shape index (κ1) is 17.0. The Labute approximate surface area is 146 Å². The Morgan fingerprint density at radius 2 is 1.88 bits per heavy atom. The molecule has 1 heterocycles. The molecule has 1 aromatic heterocycles. The first-order valence-electron chi connectivity index (χ1n) is 7.67. The maximum Gasteiger partial charge on any atom is 0.265 e. The Morgan fingerprint density at radius 1 is 1.12 bits per heavy atom. The quantitative estimate of drug-likeness (QED) is 0.732. The summed E-state index contributed by atoms with van der Waals surface area (Å²) in [4.78, 5) is 7.09. The second kappa shape index (κ2) is 6.60. The summed E-state index contributed by atoms with van der Waals surface area (Å²) in [5.74, 6) is 0.320. The van der Waals surface area contributed by atoms with Crippen molar-refractivity contribution in [3.63, 3.8) is 0 Å². The molecule has 0 fully saturated rings. The summed E-state index contributed by atoms with van der Waals surface area (Å²) in [7, 11) is -2.32. The zero-order valence-electron chi connectivity index (χ0n) is 14.2. The minimum absolute atomic E-state index is 0.116. The Bertz CT molecular complexity index is 996. The van der Waals surface area contributed by atoms with Gasteiger partial charge in [-0.1, -0.05) is 12.1 Å². The molecule has 0 bridgehead atoms. The molecule has 2 aromatic carbocycles. The summed E-state index contributed by atoms with van der Waals surface area (Å²) in [6, 6.07) is 10.5. The van der Waals surface area contributed by atoms with E-state index in [2.05, 4.69) is 14.7 Å². The predicted molar refractivity (Wildman–Crippen MR) is 97.3 cm³/mol. The average molecular weight is 357 g/mol. The van der Waals surface area contributed by atoms with Gasteiger partial charge in [-0.15, -0.1) is 0 Å². The van der Waals surface area contributed by atoms with Crippen LogP contribution in [0.5, 0.6) is 5.75 Å². The number of sulfonamides is 1. The van der Waals surface area contributed by atoms with Gasteiger partial charge in [0.15, 0.2) is 0 Å². The predicted octanol–water partition coefficient (Wildman–Crippen LogP) is 3.50. The van der Waals surface area contributed by atoms with Gasteiger partial charge in [-0.2, -0.15) is 0 Å². The van der Waals surface area contributed by atoms with Crippen LogP contribution >= 0.6 is 0 Å². The van der Waals surface area contributed by atoms with Gasteiger partial charge in [0.2, 0.25) is 0 Å². The lowest BCUT2D eigenvalue weighted by Gasteiger charge is -2.14. The Morgan fingerprint density at radius 3 is 2.56 bits per heavy atom. The molecule has 7 heteroatoms. The Balaban J connectivity index is 1.98. The number of aryl methyl sites for hydroxylation is 2. The van der Waals surface area contributed by atoms with Crippen LogP contribution in [0.4, 0.5) is 5.69 Å². The number of ether oxygens (including phenoxy) is 1. The molecule has 0 saturated heterocycles. The molecule has 0 aliphatic rings. The number of hydrogen-bond acceptors (Lipinski definition) is 4. The number of anilines is 1. The molecule has 6 nitrogen and oxygen atoms in total. The first-order chi connectivity index (χ1) is 11.9. The highest BCUT2D eigenvalue weighted by atomic mass is 32.2. The van der Waals surface area contributed by atoms with E-state index in [0.717, 1.165) is 22.4 Å². The zero-order valence-corrected chi connectivity index (χ0v) is 15.0. The van der Waals surface area contributed by atoms with Crippen LogP contribution in [0.1, 0.15) is 11.1 Å². The number of aromatic amines is 1. The van der Waals surface area contributed by atoms with E-state index in [4.69, 9.17) is 4.74 Å². The molecule has 0 atom stereocenters. The van der Waals surface area contributed by atoms with E-state index >= 15 is 0 Å². The number of H-pyrrole nitrogens is 1. The van der Waals surface area contributed by atoms with Gasteiger partial charge in [-0.25, -0.2) is 13.4 Å². The van der Waals surface area contributed by atoms with Gasteiger partial charge in [0, 0.05) is 11.3 Å². The van der Waals surface area contributed by atoms with Crippen molar-refractivity contribution in [2.24, 2.45) is 0 Å². The van der Waals surface area contributed by atoms with E-state index in [1.807, 2.05) is 19.9 Å². The number of benzene rings is 2. The monoisotopic (exact) mass is 357 g/mol. The van der Waals surface area contributed by atoms with Crippen LogP contribution in [0.2, 0.25) is 0 Å². The van der Waals surface area contributed by atoms with E-state index < -0.39 is 10.0 Å². The lowest BCUT2D eigenvalue weighted by Crippen LogP contribution is -2.14. The van der Waals surface area contributed by atoms with Crippen molar-refractivity contribution in [2.75, 3.05) is 11.8 Å². The third kappa shape index (κ3) is 3.51. The summed E-state index contributed by atoms with van der Waals surface area (Å²) < 4.78 is 33.5. The van der Waals surface area contributed by atoms with Gasteiger partial charge in [-0.05, 0) is 49.2 Å². The van der Waals surface area contributed by atoms with Crippen molar-refractivity contribution in [1.82, 2.24) is 9.97 Å². The summed E-state index contributed by atoms with van der Waals surface area (Å²) in [5, 5.41) is 0. The normalized spacial score (nSPS) is 11.3. The highest BCUT2D eigenvalue weighted by Gasteiger charge is 2.21. The van der Waals surface area contributed by atoms with Crippen LogP contribution in [0.3, 0.4) is 0 Å².